The summed E-state index contributed by atoms with van der Waals surface area (Å²) in [5.74, 6) is -1.28. The van der Waals surface area contributed by atoms with Crippen LogP contribution < -0.4 is 0 Å². The number of aliphatic imine (C=N–C) groups is 1. The van der Waals surface area contributed by atoms with Gasteiger partial charge in [0.25, 0.3) is 0 Å². The van der Waals surface area contributed by atoms with Crippen molar-refractivity contribution in [1.29, 1.82) is 0 Å². The summed E-state index contributed by atoms with van der Waals surface area (Å²) in [6.45, 7) is 0.576. The maximum Gasteiger partial charge on any atom is 0.335 e. The highest BCUT2D eigenvalue weighted by molar-refractivity contribution is 6.33. The monoisotopic (exact) mass is 406 g/mol. The molecule has 0 amide bonds. The topological polar surface area (TPSA) is 54.6 Å². The number of fused-ring (bicyclic) bond motifs is 1. The van der Waals surface area contributed by atoms with Gasteiger partial charge in [0.05, 0.1) is 16.3 Å². The first-order valence-corrected chi connectivity index (χ1v) is 9.28. The molecule has 0 aliphatic rings. The SMILES string of the molecule is O=C(O)c1ccc(Cl)c(N=Cc2ccc3c(ccn3Cc3cccc(F)c3)c2)c1. The van der Waals surface area contributed by atoms with Crippen LogP contribution in [0.4, 0.5) is 10.1 Å². The Morgan fingerprint density at radius 1 is 1.10 bits per heavy atom. The molecule has 1 aromatic heterocycles. The van der Waals surface area contributed by atoms with Crippen LogP contribution in [0.15, 0.2) is 77.9 Å². The molecule has 0 aliphatic carbocycles. The minimum Gasteiger partial charge on any atom is -0.478 e. The average molecular weight is 407 g/mol. The van der Waals surface area contributed by atoms with Gasteiger partial charge in [-0.15, -0.1) is 0 Å². The predicted octanol–water partition coefficient (Wildman–Crippen LogP) is 5.93. The van der Waals surface area contributed by atoms with Crippen LogP contribution in [0.1, 0.15) is 21.5 Å². The number of rotatable bonds is 5. The number of halogens is 2. The Bertz CT molecular complexity index is 1250. The van der Waals surface area contributed by atoms with Crippen LogP contribution in [0.2, 0.25) is 5.02 Å². The van der Waals surface area contributed by atoms with Crippen molar-refractivity contribution in [2.45, 2.75) is 6.54 Å². The lowest BCUT2D eigenvalue weighted by Crippen LogP contribution is -1.98. The molecule has 0 radical (unpaired) electrons. The molecule has 4 nitrogen and oxygen atoms in total. The van der Waals surface area contributed by atoms with E-state index in [1.165, 1.54) is 30.3 Å². The van der Waals surface area contributed by atoms with Crippen LogP contribution >= 0.6 is 11.6 Å². The van der Waals surface area contributed by atoms with Crippen molar-refractivity contribution in [2.75, 3.05) is 0 Å². The molecular weight excluding hydrogens is 391 g/mol. The number of hydrogen-bond acceptors (Lipinski definition) is 2. The van der Waals surface area contributed by atoms with Crippen molar-refractivity contribution >= 4 is 40.4 Å². The lowest BCUT2D eigenvalue weighted by molar-refractivity contribution is 0.0697. The van der Waals surface area contributed by atoms with E-state index < -0.39 is 5.97 Å². The lowest BCUT2D eigenvalue weighted by atomic mass is 10.1. The largest absolute Gasteiger partial charge is 0.478 e. The highest BCUT2D eigenvalue weighted by Gasteiger charge is 2.07. The molecule has 4 rings (SSSR count). The van der Waals surface area contributed by atoms with Gasteiger partial charge in [-0.2, -0.15) is 0 Å². The van der Waals surface area contributed by atoms with Gasteiger partial charge in [0, 0.05) is 29.9 Å². The van der Waals surface area contributed by atoms with Gasteiger partial charge in [0.1, 0.15) is 5.82 Å². The summed E-state index contributed by atoms with van der Waals surface area (Å²) in [7, 11) is 0. The van der Waals surface area contributed by atoms with Crippen molar-refractivity contribution < 1.29 is 14.3 Å². The average Bonchev–Trinajstić information content (AvgIpc) is 3.09. The molecule has 1 heterocycles. The fourth-order valence-corrected chi connectivity index (χ4v) is 3.32. The molecule has 0 atom stereocenters. The van der Waals surface area contributed by atoms with Gasteiger partial charge in [-0.05, 0) is 59.7 Å². The van der Waals surface area contributed by atoms with Crippen LogP contribution in [0.5, 0.6) is 0 Å². The molecule has 0 fully saturated rings. The standard InChI is InChI=1S/C23H16ClFN2O2/c24-20-6-5-18(23(28)29)12-21(20)26-13-15-4-7-22-17(10-15)8-9-27(22)14-16-2-1-3-19(25)11-16/h1-13H,14H2,(H,28,29). The van der Waals surface area contributed by atoms with Gasteiger partial charge in [-0.3, -0.25) is 4.99 Å². The summed E-state index contributed by atoms with van der Waals surface area (Å²) < 4.78 is 15.5. The van der Waals surface area contributed by atoms with Crippen molar-refractivity contribution in [3.05, 3.63) is 100 Å². The minimum absolute atomic E-state index is 0.131. The Balaban J connectivity index is 1.60. The summed E-state index contributed by atoms with van der Waals surface area (Å²) in [5, 5.41) is 10.5. The van der Waals surface area contributed by atoms with E-state index >= 15 is 0 Å². The Kier molecular flexibility index (Phi) is 5.14. The van der Waals surface area contributed by atoms with Crippen LogP contribution in [0, 0.1) is 5.82 Å². The number of aromatic nitrogens is 1. The van der Waals surface area contributed by atoms with Gasteiger partial charge >= 0.3 is 5.97 Å². The molecule has 0 saturated heterocycles. The van der Waals surface area contributed by atoms with E-state index in [4.69, 9.17) is 16.7 Å². The zero-order valence-corrected chi connectivity index (χ0v) is 16.0. The number of aromatic carboxylic acids is 1. The van der Waals surface area contributed by atoms with Gasteiger partial charge < -0.3 is 9.67 Å². The lowest BCUT2D eigenvalue weighted by Gasteiger charge is -2.06. The Labute approximate surface area is 171 Å². The molecule has 3 aromatic carbocycles. The van der Waals surface area contributed by atoms with Gasteiger partial charge in [-0.25, -0.2) is 9.18 Å². The molecule has 1 N–H and O–H groups in total. The van der Waals surface area contributed by atoms with Crippen molar-refractivity contribution in [3.63, 3.8) is 0 Å². The highest BCUT2D eigenvalue weighted by atomic mass is 35.5. The number of hydrogen-bond donors (Lipinski definition) is 1. The van der Waals surface area contributed by atoms with E-state index in [1.54, 1.807) is 12.3 Å². The van der Waals surface area contributed by atoms with E-state index in [0.29, 0.717) is 17.3 Å². The Hall–Kier alpha value is -3.44. The number of carboxylic acids is 1. The molecule has 0 aliphatic heterocycles. The van der Waals surface area contributed by atoms with Crippen molar-refractivity contribution in [1.82, 2.24) is 4.57 Å². The minimum atomic E-state index is -1.03. The molecule has 6 heteroatoms. The van der Waals surface area contributed by atoms with Gasteiger partial charge in [-0.1, -0.05) is 29.8 Å². The first-order valence-electron chi connectivity index (χ1n) is 8.90. The molecule has 4 aromatic rings. The third kappa shape index (κ3) is 4.20. The summed E-state index contributed by atoms with van der Waals surface area (Å²) in [5.41, 5.74) is 3.30. The second-order valence-corrected chi connectivity index (χ2v) is 7.03. The molecule has 0 unspecified atom stereocenters. The zero-order valence-electron chi connectivity index (χ0n) is 15.2. The quantitative estimate of drug-likeness (QED) is 0.417. The van der Waals surface area contributed by atoms with Crippen LogP contribution in [-0.2, 0) is 6.54 Å². The Morgan fingerprint density at radius 2 is 1.97 bits per heavy atom. The van der Waals surface area contributed by atoms with Gasteiger partial charge in [0.2, 0.25) is 0 Å². The first-order chi connectivity index (χ1) is 14.0. The van der Waals surface area contributed by atoms with E-state index in [1.807, 2.05) is 36.5 Å². The van der Waals surface area contributed by atoms with E-state index in [2.05, 4.69) is 9.56 Å². The highest BCUT2D eigenvalue weighted by Crippen LogP contribution is 2.26. The molecular formula is C23H16ClFN2O2. The van der Waals surface area contributed by atoms with Crippen molar-refractivity contribution in [2.24, 2.45) is 4.99 Å². The zero-order chi connectivity index (χ0) is 20.4. The third-order valence-electron chi connectivity index (χ3n) is 4.58. The number of carboxylic acid groups (broad SMARTS) is 1. The van der Waals surface area contributed by atoms with Crippen LogP contribution in [0.25, 0.3) is 10.9 Å². The number of carbonyl (C=O) groups is 1. The van der Waals surface area contributed by atoms with Gasteiger partial charge in [0.15, 0.2) is 0 Å². The summed E-state index contributed by atoms with van der Waals surface area (Å²) in [4.78, 5) is 15.5. The third-order valence-corrected chi connectivity index (χ3v) is 4.90. The molecule has 0 spiro atoms. The summed E-state index contributed by atoms with van der Waals surface area (Å²) >= 11 is 6.12. The molecule has 0 bridgehead atoms. The normalized spacial score (nSPS) is 11.4. The number of nitrogens with zero attached hydrogens (tertiary/aromatic N) is 2. The maximum atomic E-state index is 13.4. The van der Waals surface area contributed by atoms with Crippen LogP contribution in [-0.4, -0.2) is 21.9 Å². The summed E-state index contributed by atoms with van der Waals surface area (Å²) in [6.07, 6.45) is 3.61. The molecule has 144 valence electrons. The fraction of sp³-hybridized carbons (Fsp3) is 0.0435. The van der Waals surface area contributed by atoms with Crippen molar-refractivity contribution in [3.8, 4) is 0 Å². The molecule has 29 heavy (non-hydrogen) atoms. The number of benzene rings is 3. The van der Waals surface area contributed by atoms with E-state index in [9.17, 15) is 9.18 Å². The van der Waals surface area contributed by atoms with Crippen LogP contribution in [0.3, 0.4) is 0 Å². The second kappa shape index (κ2) is 7.89. The fourth-order valence-electron chi connectivity index (χ4n) is 3.16. The smallest absolute Gasteiger partial charge is 0.335 e. The maximum absolute atomic E-state index is 13.4. The first kappa shape index (κ1) is 18.9. The Morgan fingerprint density at radius 3 is 2.76 bits per heavy atom. The predicted molar refractivity (Wildman–Crippen MR) is 113 cm³/mol. The second-order valence-electron chi connectivity index (χ2n) is 6.62. The van der Waals surface area contributed by atoms with E-state index in [-0.39, 0.29) is 11.4 Å². The van der Waals surface area contributed by atoms with E-state index in [0.717, 1.165) is 22.0 Å². The summed E-state index contributed by atoms with van der Waals surface area (Å²) in [6, 6.07) is 18.8. The molecule has 0 saturated carbocycles.